The fraction of sp³-hybridized carbons (Fsp3) is 0.0769. The van der Waals surface area contributed by atoms with Gasteiger partial charge in [0.25, 0.3) is 0 Å². The maximum Gasteiger partial charge on any atom is 0.195 e. The van der Waals surface area contributed by atoms with Crippen LogP contribution in [0.1, 0.15) is 23.6 Å². The van der Waals surface area contributed by atoms with Gasteiger partial charge in [-0.2, -0.15) is 0 Å². The highest BCUT2D eigenvalue weighted by Gasteiger charge is 2.15. The first kappa shape index (κ1) is 21.5. The highest BCUT2D eigenvalue weighted by molar-refractivity contribution is 5.84. The van der Waals surface area contributed by atoms with Crippen molar-refractivity contribution < 1.29 is 26.3 Å². The van der Waals surface area contributed by atoms with Gasteiger partial charge in [0.1, 0.15) is 17.5 Å². The van der Waals surface area contributed by atoms with E-state index in [0.29, 0.717) is 17.5 Å². The molecule has 0 aliphatic carbocycles. The standard InChI is InChI=1S/C26H14F6/c1-2-14-10-21(28)24(22(29)11-14)17-7-6-16(20(27)12-17)5-3-15-4-8-19-18(9-15)13-23(30)26(32)25(19)31/h4,6-13H,2H2,1H3. The zero-order valence-corrected chi connectivity index (χ0v) is 16.7. The molecule has 0 saturated carbocycles. The summed E-state index contributed by atoms with van der Waals surface area (Å²) in [5.74, 6) is -1.28. The summed E-state index contributed by atoms with van der Waals surface area (Å²) in [5.41, 5.74) is 0.482. The first-order valence-corrected chi connectivity index (χ1v) is 9.65. The molecule has 0 unspecified atom stereocenters. The van der Waals surface area contributed by atoms with Gasteiger partial charge in [0.15, 0.2) is 17.5 Å². The number of rotatable bonds is 2. The van der Waals surface area contributed by atoms with E-state index in [1.54, 1.807) is 6.92 Å². The first-order chi connectivity index (χ1) is 15.3. The third-order valence-corrected chi connectivity index (χ3v) is 5.08. The summed E-state index contributed by atoms with van der Waals surface area (Å²) in [6, 6.07) is 10.9. The Kier molecular flexibility index (Phi) is 5.67. The van der Waals surface area contributed by atoms with Crippen LogP contribution in [0, 0.1) is 46.7 Å². The van der Waals surface area contributed by atoms with Crippen molar-refractivity contribution in [2.75, 3.05) is 0 Å². The molecular weight excluding hydrogens is 426 g/mol. The molecule has 4 rings (SSSR count). The van der Waals surface area contributed by atoms with Crippen LogP contribution in [-0.4, -0.2) is 0 Å². The smallest absolute Gasteiger partial charge is 0.195 e. The quantitative estimate of drug-likeness (QED) is 0.174. The van der Waals surface area contributed by atoms with Gasteiger partial charge in [0, 0.05) is 10.9 Å². The Morgan fingerprint density at radius 1 is 0.656 bits per heavy atom. The van der Waals surface area contributed by atoms with E-state index >= 15 is 0 Å². The molecule has 0 saturated heterocycles. The van der Waals surface area contributed by atoms with E-state index in [-0.39, 0.29) is 27.5 Å². The maximum absolute atomic E-state index is 14.6. The van der Waals surface area contributed by atoms with E-state index in [1.165, 1.54) is 42.5 Å². The van der Waals surface area contributed by atoms with Crippen LogP contribution in [0.5, 0.6) is 0 Å². The first-order valence-electron chi connectivity index (χ1n) is 9.65. The molecule has 4 aromatic rings. The Labute approximate surface area is 180 Å². The SMILES string of the molecule is CCc1cc(F)c(-c2ccc(C#Cc3ccc4c(F)c(F)c(F)cc4c3)c(F)c2)c(F)c1. The van der Waals surface area contributed by atoms with Crippen molar-refractivity contribution in [2.45, 2.75) is 13.3 Å². The highest BCUT2D eigenvalue weighted by Crippen LogP contribution is 2.29. The van der Waals surface area contributed by atoms with Crippen LogP contribution in [0.25, 0.3) is 21.9 Å². The molecule has 0 aliphatic heterocycles. The molecule has 6 heteroatoms. The molecule has 0 heterocycles. The van der Waals surface area contributed by atoms with Crippen molar-refractivity contribution in [1.82, 2.24) is 0 Å². The summed E-state index contributed by atoms with van der Waals surface area (Å²) in [5, 5.41) is -0.00590. The monoisotopic (exact) mass is 440 g/mol. The molecule has 0 spiro atoms. The lowest BCUT2D eigenvalue weighted by molar-refractivity contribution is 0.453. The average molecular weight is 440 g/mol. The molecule has 0 N–H and O–H groups in total. The van der Waals surface area contributed by atoms with Crippen LogP contribution in [0.3, 0.4) is 0 Å². The van der Waals surface area contributed by atoms with Gasteiger partial charge in [-0.1, -0.05) is 30.9 Å². The van der Waals surface area contributed by atoms with E-state index in [2.05, 4.69) is 11.8 Å². The number of hydrogen-bond donors (Lipinski definition) is 0. The van der Waals surface area contributed by atoms with Gasteiger partial charge < -0.3 is 0 Å². The topological polar surface area (TPSA) is 0 Å². The zero-order chi connectivity index (χ0) is 23.0. The minimum atomic E-state index is -1.56. The maximum atomic E-state index is 14.6. The molecule has 4 aromatic carbocycles. The molecule has 0 nitrogen and oxygen atoms in total. The molecule has 32 heavy (non-hydrogen) atoms. The van der Waals surface area contributed by atoms with Crippen LogP contribution in [0.2, 0.25) is 0 Å². The minimum Gasteiger partial charge on any atom is -0.206 e. The largest absolute Gasteiger partial charge is 0.206 e. The van der Waals surface area contributed by atoms with Gasteiger partial charge in [-0.05, 0) is 65.4 Å². The summed E-state index contributed by atoms with van der Waals surface area (Å²) in [7, 11) is 0. The lowest BCUT2D eigenvalue weighted by atomic mass is 10.00. The van der Waals surface area contributed by atoms with Crippen molar-refractivity contribution in [1.29, 1.82) is 0 Å². The van der Waals surface area contributed by atoms with Crippen LogP contribution in [0.15, 0.2) is 54.6 Å². The molecule has 0 aromatic heterocycles. The highest BCUT2D eigenvalue weighted by atomic mass is 19.2. The van der Waals surface area contributed by atoms with Gasteiger partial charge in [-0.3, -0.25) is 0 Å². The van der Waals surface area contributed by atoms with E-state index in [0.717, 1.165) is 12.1 Å². The summed E-state index contributed by atoms with van der Waals surface area (Å²) in [4.78, 5) is 0. The second-order valence-electron chi connectivity index (χ2n) is 7.15. The molecule has 160 valence electrons. The molecule has 0 amide bonds. The predicted octanol–water partition coefficient (Wildman–Crippen LogP) is 7.30. The molecular formula is C26H14F6. The van der Waals surface area contributed by atoms with Crippen molar-refractivity contribution >= 4 is 10.8 Å². The van der Waals surface area contributed by atoms with Crippen molar-refractivity contribution in [3.05, 3.63) is 106 Å². The van der Waals surface area contributed by atoms with Gasteiger partial charge in [-0.15, -0.1) is 0 Å². The number of aryl methyl sites for hydroxylation is 1. The van der Waals surface area contributed by atoms with E-state index in [9.17, 15) is 26.3 Å². The van der Waals surface area contributed by atoms with E-state index in [1.807, 2.05) is 0 Å². The minimum absolute atomic E-state index is 0.0312. The zero-order valence-electron chi connectivity index (χ0n) is 16.7. The van der Waals surface area contributed by atoms with E-state index < -0.39 is 34.9 Å². The van der Waals surface area contributed by atoms with Gasteiger partial charge >= 0.3 is 0 Å². The van der Waals surface area contributed by atoms with Crippen molar-refractivity contribution in [2.24, 2.45) is 0 Å². The van der Waals surface area contributed by atoms with Crippen LogP contribution in [0.4, 0.5) is 26.3 Å². The number of halogens is 6. The summed E-state index contributed by atoms with van der Waals surface area (Å²) in [6.07, 6.45) is 0.458. The average Bonchev–Trinajstić information content (AvgIpc) is 2.76. The number of hydrogen-bond acceptors (Lipinski definition) is 0. The fourth-order valence-electron chi connectivity index (χ4n) is 3.40. The van der Waals surface area contributed by atoms with E-state index in [4.69, 9.17) is 0 Å². The van der Waals surface area contributed by atoms with Crippen molar-refractivity contribution in [3.8, 4) is 23.0 Å². The molecule has 0 atom stereocenters. The van der Waals surface area contributed by atoms with Gasteiger partial charge in [0.2, 0.25) is 0 Å². The third kappa shape index (κ3) is 3.94. The molecule has 0 bridgehead atoms. The Morgan fingerprint density at radius 2 is 1.38 bits per heavy atom. The van der Waals surface area contributed by atoms with Gasteiger partial charge in [-0.25, -0.2) is 26.3 Å². The molecule has 0 aliphatic rings. The van der Waals surface area contributed by atoms with Gasteiger partial charge in [0.05, 0.1) is 11.1 Å². The Balaban J connectivity index is 1.69. The summed E-state index contributed by atoms with van der Waals surface area (Å²) in [6.45, 7) is 1.77. The summed E-state index contributed by atoms with van der Waals surface area (Å²) < 4.78 is 83.9. The van der Waals surface area contributed by atoms with Crippen LogP contribution >= 0.6 is 0 Å². The number of benzene rings is 4. The van der Waals surface area contributed by atoms with Crippen LogP contribution < -0.4 is 0 Å². The fourth-order valence-corrected chi connectivity index (χ4v) is 3.40. The predicted molar refractivity (Wildman–Crippen MR) is 111 cm³/mol. The third-order valence-electron chi connectivity index (χ3n) is 5.08. The Hall–Kier alpha value is -3.72. The Bertz CT molecular complexity index is 1400. The second-order valence-corrected chi connectivity index (χ2v) is 7.15. The normalized spacial score (nSPS) is 10.8. The molecule has 0 radical (unpaired) electrons. The second kappa shape index (κ2) is 8.43. The summed E-state index contributed by atoms with van der Waals surface area (Å²) >= 11 is 0. The lowest BCUT2D eigenvalue weighted by Crippen LogP contribution is -1.95. The Morgan fingerprint density at radius 3 is 2.03 bits per heavy atom. The van der Waals surface area contributed by atoms with Crippen molar-refractivity contribution in [3.63, 3.8) is 0 Å². The molecule has 0 fully saturated rings. The van der Waals surface area contributed by atoms with Crippen LogP contribution in [-0.2, 0) is 6.42 Å². The lowest BCUT2D eigenvalue weighted by Gasteiger charge is -2.08. The number of fused-ring (bicyclic) bond motifs is 1.